The van der Waals surface area contributed by atoms with Crippen molar-refractivity contribution < 1.29 is 9.84 Å². The average Bonchev–Trinajstić information content (AvgIpc) is 2.85. The number of imidazole rings is 1. The number of nitrogens with zero attached hydrogens (tertiary/aromatic N) is 2. The van der Waals surface area contributed by atoms with Crippen molar-refractivity contribution in [1.29, 1.82) is 0 Å². The van der Waals surface area contributed by atoms with E-state index in [-0.39, 0.29) is 11.8 Å². The molecule has 5 heteroatoms. The van der Waals surface area contributed by atoms with Gasteiger partial charge in [0.25, 0.3) is 0 Å². The zero-order valence-electron chi connectivity index (χ0n) is 12.1. The zero-order valence-corrected chi connectivity index (χ0v) is 12.1. The molecule has 1 aromatic heterocycles. The van der Waals surface area contributed by atoms with Gasteiger partial charge in [0.15, 0.2) is 0 Å². The highest BCUT2D eigenvalue weighted by Gasteiger charge is 2.11. The number of aromatic hydroxyl groups is 1. The van der Waals surface area contributed by atoms with Gasteiger partial charge in [-0.2, -0.15) is 0 Å². The first-order valence-corrected chi connectivity index (χ1v) is 6.68. The van der Waals surface area contributed by atoms with Gasteiger partial charge in [-0.25, -0.2) is 4.98 Å². The molecular formula is C15H21N3O2. The van der Waals surface area contributed by atoms with Gasteiger partial charge in [0.05, 0.1) is 7.11 Å². The number of hydrogen-bond acceptors (Lipinski definition) is 4. The summed E-state index contributed by atoms with van der Waals surface area (Å²) in [5.74, 6) is 2.07. The molecule has 0 aliphatic carbocycles. The minimum absolute atomic E-state index is 0.0466. The fourth-order valence-electron chi connectivity index (χ4n) is 2.15. The largest absolute Gasteiger partial charge is 0.508 e. The second-order valence-electron chi connectivity index (χ2n) is 4.80. The summed E-state index contributed by atoms with van der Waals surface area (Å²) in [6.45, 7) is 2.82. The Hall–Kier alpha value is -2.01. The SMILES string of the molecule is COc1ccc(O)c(C(C)NCCc2nccn2C)c1. The van der Waals surface area contributed by atoms with Crippen LogP contribution in [0.25, 0.3) is 0 Å². The van der Waals surface area contributed by atoms with Crippen LogP contribution in [-0.2, 0) is 13.5 Å². The van der Waals surface area contributed by atoms with E-state index in [1.807, 2.05) is 30.8 Å². The van der Waals surface area contributed by atoms with Gasteiger partial charge in [-0.3, -0.25) is 0 Å². The standard InChI is InChI=1S/C15H21N3O2/c1-11(13-10-12(20-3)4-5-14(13)19)16-7-6-15-17-8-9-18(15)2/h4-5,8-11,16,19H,6-7H2,1-3H3. The van der Waals surface area contributed by atoms with E-state index < -0.39 is 0 Å². The Labute approximate surface area is 119 Å². The Bertz CT molecular complexity index is 566. The summed E-state index contributed by atoms with van der Waals surface area (Å²) < 4.78 is 7.20. The third-order valence-corrected chi connectivity index (χ3v) is 3.42. The Morgan fingerprint density at radius 2 is 2.25 bits per heavy atom. The van der Waals surface area contributed by atoms with E-state index in [4.69, 9.17) is 4.74 Å². The van der Waals surface area contributed by atoms with Gasteiger partial charge in [-0.05, 0) is 25.1 Å². The number of aryl methyl sites for hydroxylation is 1. The van der Waals surface area contributed by atoms with Gasteiger partial charge in [0.2, 0.25) is 0 Å². The molecule has 0 aliphatic heterocycles. The van der Waals surface area contributed by atoms with Crippen LogP contribution >= 0.6 is 0 Å². The van der Waals surface area contributed by atoms with Crippen LogP contribution in [0.3, 0.4) is 0 Å². The first-order valence-electron chi connectivity index (χ1n) is 6.68. The number of rotatable bonds is 6. The molecule has 108 valence electrons. The average molecular weight is 275 g/mol. The van der Waals surface area contributed by atoms with E-state index in [9.17, 15) is 5.11 Å². The van der Waals surface area contributed by atoms with Gasteiger partial charge in [-0.15, -0.1) is 0 Å². The lowest BCUT2D eigenvalue weighted by atomic mass is 10.1. The van der Waals surface area contributed by atoms with Gasteiger partial charge >= 0.3 is 0 Å². The van der Waals surface area contributed by atoms with Crippen LogP contribution in [0.1, 0.15) is 24.4 Å². The molecule has 1 aromatic carbocycles. The van der Waals surface area contributed by atoms with E-state index in [1.165, 1.54) is 0 Å². The summed E-state index contributed by atoms with van der Waals surface area (Å²) in [4.78, 5) is 4.28. The normalized spacial score (nSPS) is 12.3. The van der Waals surface area contributed by atoms with Gasteiger partial charge in [0, 0.05) is 44.0 Å². The lowest BCUT2D eigenvalue weighted by molar-refractivity contribution is 0.407. The monoisotopic (exact) mass is 275 g/mol. The number of nitrogens with one attached hydrogen (secondary N) is 1. The molecule has 20 heavy (non-hydrogen) atoms. The maximum absolute atomic E-state index is 9.92. The topological polar surface area (TPSA) is 59.3 Å². The smallest absolute Gasteiger partial charge is 0.120 e. The molecule has 2 N–H and O–H groups in total. The Morgan fingerprint density at radius 3 is 2.90 bits per heavy atom. The van der Waals surface area contributed by atoms with Crippen molar-refractivity contribution in [3.05, 3.63) is 42.0 Å². The second kappa shape index (κ2) is 6.43. The summed E-state index contributed by atoms with van der Waals surface area (Å²) in [5.41, 5.74) is 0.837. The van der Waals surface area contributed by atoms with Crippen molar-refractivity contribution in [2.45, 2.75) is 19.4 Å². The maximum Gasteiger partial charge on any atom is 0.120 e. The number of benzene rings is 1. The van der Waals surface area contributed by atoms with Crippen molar-refractivity contribution in [3.63, 3.8) is 0 Å². The first kappa shape index (κ1) is 14.4. The van der Waals surface area contributed by atoms with Gasteiger partial charge in [0.1, 0.15) is 17.3 Å². The summed E-state index contributed by atoms with van der Waals surface area (Å²) in [5, 5.41) is 13.3. The zero-order chi connectivity index (χ0) is 14.5. The molecule has 0 aliphatic rings. The highest BCUT2D eigenvalue weighted by atomic mass is 16.5. The number of hydrogen-bond donors (Lipinski definition) is 2. The predicted molar refractivity (Wildman–Crippen MR) is 78.0 cm³/mol. The second-order valence-corrected chi connectivity index (χ2v) is 4.80. The van der Waals surface area contributed by atoms with E-state index in [1.54, 1.807) is 25.4 Å². The molecule has 1 atom stereocenters. The first-order chi connectivity index (χ1) is 9.61. The van der Waals surface area contributed by atoms with Crippen LogP contribution in [0.4, 0.5) is 0 Å². The predicted octanol–water partition coefficient (Wildman–Crippen LogP) is 2.03. The van der Waals surface area contributed by atoms with E-state index in [2.05, 4.69) is 10.3 Å². The molecule has 0 spiro atoms. The molecule has 2 rings (SSSR count). The molecule has 0 fully saturated rings. The lowest BCUT2D eigenvalue weighted by Gasteiger charge is -2.16. The minimum Gasteiger partial charge on any atom is -0.508 e. The fraction of sp³-hybridized carbons (Fsp3) is 0.400. The van der Waals surface area contributed by atoms with E-state index in [0.717, 1.165) is 30.1 Å². The minimum atomic E-state index is 0.0466. The Morgan fingerprint density at radius 1 is 1.45 bits per heavy atom. The van der Waals surface area contributed by atoms with E-state index in [0.29, 0.717) is 0 Å². The van der Waals surface area contributed by atoms with Crippen LogP contribution < -0.4 is 10.1 Å². The lowest BCUT2D eigenvalue weighted by Crippen LogP contribution is -2.22. The summed E-state index contributed by atoms with van der Waals surface area (Å²) in [7, 11) is 3.61. The van der Waals surface area contributed by atoms with Crippen molar-refractivity contribution in [2.75, 3.05) is 13.7 Å². The van der Waals surface area contributed by atoms with Crippen molar-refractivity contribution >= 4 is 0 Å². The summed E-state index contributed by atoms with van der Waals surface area (Å²) in [6.07, 6.45) is 4.58. The molecule has 5 nitrogen and oxygen atoms in total. The van der Waals surface area contributed by atoms with Crippen LogP contribution in [0.5, 0.6) is 11.5 Å². The van der Waals surface area contributed by atoms with Crippen molar-refractivity contribution in [1.82, 2.24) is 14.9 Å². The quantitative estimate of drug-likeness (QED) is 0.847. The number of ether oxygens (including phenoxy) is 1. The Kier molecular flexibility index (Phi) is 4.63. The fourth-order valence-corrected chi connectivity index (χ4v) is 2.15. The van der Waals surface area contributed by atoms with Crippen LogP contribution in [0.15, 0.2) is 30.6 Å². The molecular weight excluding hydrogens is 254 g/mol. The number of aromatic nitrogens is 2. The molecule has 0 amide bonds. The molecule has 0 saturated heterocycles. The number of phenolic OH excluding ortho intramolecular Hbond substituents is 1. The molecule has 2 aromatic rings. The van der Waals surface area contributed by atoms with Gasteiger partial charge < -0.3 is 19.7 Å². The van der Waals surface area contributed by atoms with Crippen molar-refractivity contribution in [2.24, 2.45) is 7.05 Å². The highest BCUT2D eigenvalue weighted by molar-refractivity contribution is 5.41. The summed E-state index contributed by atoms with van der Waals surface area (Å²) in [6, 6.07) is 5.31. The molecule has 1 unspecified atom stereocenters. The van der Waals surface area contributed by atoms with Crippen LogP contribution in [0.2, 0.25) is 0 Å². The van der Waals surface area contributed by atoms with Gasteiger partial charge in [-0.1, -0.05) is 0 Å². The highest BCUT2D eigenvalue weighted by Crippen LogP contribution is 2.28. The summed E-state index contributed by atoms with van der Waals surface area (Å²) >= 11 is 0. The molecule has 0 radical (unpaired) electrons. The van der Waals surface area contributed by atoms with Crippen LogP contribution in [-0.4, -0.2) is 28.3 Å². The molecule has 1 heterocycles. The number of methoxy groups -OCH3 is 1. The molecule has 0 saturated carbocycles. The maximum atomic E-state index is 9.92. The van der Waals surface area contributed by atoms with Crippen LogP contribution in [0, 0.1) is 0 Å². The third-order valence-electron chi connectivity index (χ3n) is 3.42. The third kappa shape index (κ3) is 3.30. The number of phenols is 1. The van der Waals surface area contributed by atoms with E-state index >= 15 is 0 Å². The molecule has 0 bridgehead atoms. The van der Waals surface area contributed by atoms with Crippen molar-refractivity contribution in [3.8, 4) is 11.5 Å². The Balaban J connectivity index is 1.94.